The molecule has 0 saturated carbocycles. The highest BCUT2D eigenvalue weighted by Crippen LogP contribution is 2.26. The fourth-order valence-corrected chi connectivity index (χ4v) is 2.01. The molecule has 0 aliphatic heterocycles. The third-order valence-electron chi connectivity index (χ3n) is 2.59. The fourth-order valence-electron chi connectivity index (χ4n) is 1.61. The SMILES string of the molecule is NNC(CCOCC(F)F)Cc1cccc(Cl)c1Cl. The normalized spacial score (nSPS) is 12.9. The van der Waals surface area contributed by atoms with Crippen molar-refractivity contribution in [1.29, 1.82) is 0 Å². The van der Waals surface area contributed by atoms with E-state index in [-0.39, 0.29) is 12.6 Å². The van der Waals surface area contributed by atoms with Crippen LogP contribution in [-0.2, 0) is 11.2 Å². The smallest absolute Gasteiger partial charge is 0.261 e. The lowest BCUT2D eigenvalue weighted by Gasteiger charge is -2.17. The second-order valence-electron chi connectivity index (χ2n) is 4.04. The molecule has 3 N–H and O–H groups in total. The van der Waals surface area contributed by atoms with Crippen LogP contribution in [-0.4, -0.2) is 25.7 Å². The minimum absolute atomic E-state index is 0.117. The second-order valence-corrected chi connectivity index (χ2v) is 4.82. The van der Waals surface area contributed by atoms with Gasteiger partial charge in [0.25, 0.3) is 6.43 Å². The summed E-state index contributed by atoms with van der Waals surface area (Å²) in [6.45, 7) is -0.355. The summed E-state index contributed by atoms with van der Waals surface area (Å²) in [5.41, 5.74) is 3.47. The zero-order valence-corrected chi connectivity index (χ0v) is 11.7. The summed E-state index contributed by atoms with van der Waals surface area (Å²) < 4.78 is 28.6. The van der Waals surface area contributed by atoms with Gasteiger partial charge in [0.15, 0.2) is 0 Å². The number of hydrazine groups is 1. The molecular weight excluding hydrogens is 297 g/mol. The molecule has 108 valence electrons. The highest BCUT2D eigenvalue weighted by atomic mass is 35.5. The molecule has 0 spiro atoms. The Bertz CT molecular complexity index is 394. The molecule has 0 aromatic heterocycles. The lowest BCUT2D eigenvalue weighted by atomic mass is 10.0. The van der Waals surface area contributed by atoms with Crippen LogP contribution in [0.3, 0.4) is 0 Å². The topological polar surface area (TPSA) is 47.3 Å². The summed E-state index contributed by atoms with van der Waals surface area (Å²) in [6, 6.07) is 5.22. The van der Waals surface area contributed by atoms with Gasteiger partial charge in [-0.15, -0.1) is 0 Å². The molecular formula is C12H16Cl2F2N2O. The van der Waals surface area contributed by atoms with Crippen molar-refractivity contribution in [2.45, 2.75) is 25.3 Å². The Balaban J connectivity index is 2.45. The van der Waals surface area contributed by atoms with Crippen LogP contribution in [0.5, 0.6) is 0 Å². The van der Waals surface area contributed by atoms with E-state index in [9.17, 15) is 8.78 Å². The zero-order chi connectivity index (χ0) is 14.3. The molecule has 0 amide bonds. The van der Waals surface area contributed by atoms with E-state index >= 15 is 0 Å². The first kappa shape index (κ1) is 16.6. The number of alkyl halides is 2. The highest BCUT2D eigenvalue weighted by Gasteiger charge is 2.12. The van der Waals surface area contributed by atoms with Gasteiger partial charge in [0.05, 0.1) is 10.0 Å². The van der Waals surface area contributed by atoms with E-state index in [2.05, 4.69) is 5.43 Å². The molecule has 1 aromatic rings. The van der Waals surface area contributed by atoms with E-state index < -0.39 is 13.0 Å². The van der Waals surface area contributed by atoms with Gasteiger partial charge in [-0.25, -0.2) is 8.78 Å². The first-order valence-corrected chi connectivity index (χ1v) is 6.55. The molecule has 7 heteroatoms. The summed E-state index contributed by atoms with van der Waals surface area (Å²) in [5, 5.41) is 0.960. The van der Waals surface area contributed by atoms with Crippen LogP contribution in [0.15, 0.2) is 18.2 Å². The Labute approximate surface area is 121 Å². The molecule has 1 unspecified atom stereocenters. The quantitative estimate of drug-likeness (QED) is 0.440. The van der Waals surface area contributed by atoms with Crippen LogP contribution in [0.25, 0.3) is 0 Å². The van der Waals surface area contributed by atoms with Gasteiger partial charge in [0.1, 0.15) is 6.61 Å². The second kappa shape index (κ2) is 8.66. The number of rotatable bonds is 8. The van der Waals surface area contributed by atoms with E-state index in [0.717, 1.165) is 5.56 Å². The third-order valence-corrected chi connectivity index (χ3v) is 3.45. The van der Waals surface area contributed by atoms with Crippen LogP contribution in [0.4, 0.5) is 8.78 Å². The third kappa shape index (κ3) is 6.01. The maximum atomic E-state index is 11.9. The van der Waals surface area contributed by atoms with Crippen LogP contribution in [0, 0.1) is 0 Å². The van der Waals surface area contributed by atoms with Crippen LogP contribution in [0.1, 0.15) is 12.0 Å². The Morgan fingerprint density at radius 2 is 2.05 bits per heavy atom. The Morgan fingerprint density at radius 1 is 1.32 bits per heavy atom. The molecule has 0 heterocycles. The maximum absolute atomic E-state index is 11.9. The average Bonchev–Trinajstić information content (AvgIpc) is 2.37. The zero-order valence-electron chi connectivity index (χ0n) is 10.2. The van der Waals surface area contributed by atoms with Gasteiger partial charge in [-0.2, -0.15) is 0 Å². The van der Waals surface area contributed by atoms with Gasteiger partial charge in [-0.1, -0.05) is 35.3 Å². The van der Waals surface area contributed by atoms with E-state index in [4.69, 9.17) is 33.8 Å². The van der Waals surface area contributed by atoms with Crippen molar-refractivity contribution >= 4 is 23.2 Å². The molecule has 0 bridgehead atoms. The molecule has 0 radical (unpaired) electrons. The number of benzene rings is 1. The molecule has 0 aliphatic rings. The van der Waals surface area contributed by atoms with Crippen molar-refractivity contribution in [2.75, 3.05) is 13.2 Å². The summed E-state index contributed by atoms with van der Waals surface area (Å²) in [5.74, 6) is 5.42. The molecule has 0 aliphatic carbocycles. The van der Waals surface area contributed by atoms with Gasteiger partial charge >= 0.3 is 0 Å². The number of halogens is 4. The summed E-state index contributed by atoms with van der Waals surface area (Å²) >= 11 is 12.0. The van der Waals surface area contributed by atoms with Crippen LogP contribution >= 0.6 is 23.2 Å². The van der Waals surface area contributed by atoms with Gasteiger partial charge in [-0.3, -0.25) is 11.3 Å². The minimum Gasteiger partial charge on any atom is -0.375 e. The molecule has 1 rings (SSSR count). The number of hydrogen-bond acceptors (Lipinski definition) is 3. The van der Waals surface area contributed by atoms with Gasteiger partial charge in [0, 0.05) is 12.6 Å². The fraction of sp³-hybridized carbons (Fsp3) is 0.500. The van der Waals surface area contributed by atoms with E-state index in [1.807, 2.05) is 6.07 Å². The standard InChI is InChI=1S/C12H16Cl2F2N2O/c13-10-3-1-2-8(12(10)14)6-9(18-17)4-5-19-7-11(15)16/h1-3,9,11,18H,4-7,17H2. The largest absolute Gasteiger partial charge is 0.375 e. The summed E-state index contributed by atoms with van der Waals surface area (Å²) in [7, 11) is 0. The Kier molecular flexibility index (Phi) is 7.56. The molecule has 19 heavy (non-hydrogen) atoms. The van der Waals surface area contributed by atoms with Crippen molar-refractivity contribution in [1.82, 2.24) is 5.43 Å². The highest BCUT2D eigenvalue weighted by molar-refractivity contribution is 6.42. The minimum atomic E-state index is -2.45. The monoisotopic (exact) mass is 312 g/mol. The Hall–Kier alpha value is -0.460. The average molecular weight is 313 g/mol. The number of nitrogens with two attached hydrogens (primary N) is 1. The van der Waals surface area contributed by atoms with Crippen molar-refractivity contribution < 1.29 is 13.5 Å². The van der Waals surface area contributed by atoms with E-state index in [0.29, 0.717) is 22.9 Å². The molecule has 1 aromatic carbocycles. The lowest BCUT2D eigenvalue weighted by molar-refractivity contribution is 0.0144. The number of ether oxygens (including phenoxy) is 1. The first-order chi connectivity index (χ1) is 9.04. The molecule has 0 fully saturated rings. The van der Waals surface area contributed by atoms with Crippen molar-refractivity contribution in [2.24, 2.45) is 5.84 Å². The number of nitrogens with one attached hydrogen (secondary N) is 1. The predicted molar refractivity (Wildman–Crippen MR) is 72.7 cm³/mol. The van der Waals surface area contributed by atoms with Crippen molar-refractivity contribution in [3.8, 4) is 0 Å². The van der Waals surface area contributed by atoms with Crippen LogP contribution in [0.2, 0.25) is 10.0 Å². The van der Waals surface area contributed by atoms with Crippen molar-refractivity contribution in [3.05, 3.63) is 33.8 Å². The number of hydrogen-bond donors (Lipinski definition) is 2. The first-order valence-electron chi connectivity index (χ1n) is 5.79. The lowest BCUT2D eigenvalue weighted by Crippen LogP contribution is -2.37. The maximum Gasteiger partial charge on any atom is 0.261 e. The summed E-state index contributed by atoms with van der Waals surface area (Å²) in [4.78, 5) is 0. The molecule has 3 nitrogen and oxygen atoms in total. The van der Waals surface area contributed by atoms with Gasteiger partial charge in [-0.05, 0) is 24.5 Å². The van der Waals surface area contributed by atoms with Crippen molar-refractivity contribution in [3.63, 3.8) is 0 Å². The van der Waals surface area contributed by atoms with E-state index in [1.165, 1.54) is 0 Å². The molecule has 0 saturated heterocycles. The van der Waals surface area contributed by atoms with Crippen LogP contribution < -0.4 is 11.3 Å². The van der Waals surface area contributed by atoms with E-state index in [1.54, 1.807) is 12.1 Å². The van der Waals surface area contributed by atoms with Gasteiger partial charge < -0.3 is 4.74 Å². The molecule has 1 atom stereocenters. The van der Waals surface area contributed by atoms with Gasteiger partial charge in [0.2, 0.25) is 0 Å². The predicted octanol–water partition coefficient (Wildman–Crippen LogP) is 3.04. The Morgan fingerprint density at radius 3 is 2.68 bits per heavy atom. The summed E-state index contributed by atoms with van der Waals surface area (Å²) in [6.07, 6.45) is -1.40.